The summed E-state index contributed by atoms with van der Waals surface area (Å²) in [5, 5.41) is 17.4. The third-order valence-corrected chi connectivity index (χ3v) is 3.65. The second-order valence-corrected chi connectivity index (χ2v) is 5.58. The first-order valence-corrected chi connectivity index (χ1v) is 7.89. The summed E-state index contributed by atoms with van der Waals surface area (Å²) >= 11 is 0. The summed E-state index contributed by atoms with van der Waals surface area (Å²) in [6, 6.07) is 5.37. The molecule has 0 spiro atoms. The van der Waals surface area contributed by atoms with Gasteiger partial charge >= 0.3 is 5.97 Å². The first kappa shape index (κ1) is 19.4. The molecule has 26 heavy (non-hydrogen) atoms. The van der Waals surface area contributed by atoms with Crippen molar-refractivity contribution in [3.63, 3.8) is 0 Å². The average Bonchev–Trinajstić information content (AvgIpc) is 3.12. The summed E-state index contributed by atoms with van der Waals surface area (Å²) in [5.74, 6) is -0.293. The maximum atomic E-state index is 11.8. The van der Waals surface area contributed by atoms with Crippen LogP contribution in [0.15, 0.2) is 36.4 Å². The van der Waals surface area contributed by atoms with Crippen LogP contribution in [0.4, 0.5) is 0 Å². The molecule has 2 rings (SSSR count). The first-order chi connectivity index (χ1) is 12.5. The lowest BCUT2D eigenvalue weighted by molar-refractivity contribution is -0.138. The second-order valence-electron chi connectivity index (χ2n) is 5.58. The van der Waals surface area contributed by atoms with Gasteiger partial charge in [-0.25, -0.2) is 10.3 Å². The Labute approximate surface area is 151 Å². The Hall–Kier alpha value is -2.91. The lowest BCUT2D eigenvalue weighted by Crippen LogP contribution is -2.16. The van der Waals surface area contributed by atoms with Gasteiger partial charge in [0.1, 0.15) is 12.0 Å². The van der Waals surface area contributed by atoms with Crippen LogP contribution in [0.25, 0.3) is 5.69 Å². The molecule has 9 heteroatoms. The summed E-state index contributed by atoms with van der Waals surface area (Å²) < 4.78 is 15.2. The van der Waals surface area contributed by atoms with Gasteiger partial charge in [0.05, 0.1) is 31.8 Å². The Balaban J connectivity index is 2.29. The molecular formula is C17H22N4O5. The average molecular weight is 362 g/mol. The van der Waals surface area contributed by atoms with Crippen molar-refractivity contribution in [1.82, 2.24) is 20.5 Å². The van der Waals surface area contributed by atoms with E-state index in [-0.39, 0.29) is 11.7 Å². The maximum Gasteiger partial charge on any atom is 0.377 e. The zero-order valence-corrected chi connectivity index (χ0v) is 15.1. The highest BCUT2D eigenvalue weighted by Gasteiger charge is 2.16. The van der Waals surface area contributed by atoms with Crippen LogP contribution in [-0.4, -0.2) is 46.9 Å². The van der Waals surface area contributed by atoms with E-state index >= 15 is 0 Å². The molecule has 0 aliphatic rings. The van der Waals surface area contributed by atoms with Gasteiger partial charge in [-0.2, -0.15) is 15.0 Å². The van der Waals surface area contributed by atoms with Gasteiger partial charge in [0, 0.05) is 18.5 Å². The van der Waals surface area contributed by atoms with E-state index in [0.29, 0.717) is 18.0 Å². The van der Waals surface area contributed by atoms with Crippen LogP contribution in [0.5, 0.6) is 5.75 Å². The molecular weight excluding hydrogens is 340 g/mol. The number of rotatable bonds is 8. The Morgan fingerprint density at radius 3 is 2.85 bits per heavy atom. The first-order valence-electron chi connectivity index (χ1n) is 7.89. The summed E-state index contributed by atoms with van der Waals surface area (Å²) in [5.41, 5.74) is 4.31. The number of nitrogens with one attached hydrogen (secondary N) is 1. The molecule has 2 aromatic rings. The molecule has 2 N–H and O–H groups in total. The topological polar surface area (TPSA) is 108 Å². The molecule has 0 aliphatic carbocycles. The third kappa shape index (κ3) is 4.58. The highest BCUT2D eigenvalue weighted by molar-refractivity contribution is 5.86. The second kappa shape index (κ2) is 8.97. The van der Waals surface area contributed by atoms with Crippen LogP contribution < -0.4 is 10.2 Å². The Morgan fingerprint density at radius 1 is 1.42 bits per heavy atom. The molecule has 0 radical (unpaired) electrons. The van der Waals surface area contributed by atoms with Crippen molar-refractivity contribution < 1.29 is 24.2 Å². The van der Waals surface area contributed by atoms with Crippen molar-refractivity contribution in [2.75, 3.05) is 20.8 Å². The maximum absolute atomic E-state index is 11.8. The summed E-state index contributed by atoms with van der Waals surface area (Å²) in [7, 11) is 2.67. The Kier molecular flexibility index (Phi) is 6.70. The zero-order chi connectivity index (χ0) is 19.1. The molecule has 0 fully saturated rings. The molecule has 9 nitrogen and oxygen atoms in total. The van der Waals surface area contributed by atoms with Gasteiger partial charge in [-0.15, -0.1) is 0 Å². The molecule has 1 aromatic heterocycles. The van der Waals surface area contributed by atoms with Crippen LogP contribution in [-0.2, 0) is 14.3 Å². The lowest BCUT2D eigenvalue weighted by atomic mass is 10.1. The van der Waals surface area contributed by atoms with E-state index in [1.54, 1.807) is 12.3 Å². The molecule has 0 saturated carbocycles. The molecule has 140 valence electrons. The van der Waals surface area contributed by atoms with Crippen LogP contribution in [0, 0.1) is 6.92 Å². The predicted octanol–water partition coefficient (Wildman–Crippen LogP) is 1.70. The summed E-state index contributed by atoms with van der Waals surface area (Å²) in [4.78, 5) is 13.2. The highest BCUT2D eigenvalue weighted by atomic mass is 16.6. The number of nitrogens with zero attached hydrogens (tertiary/aromatic N) is 3. The molecule has 0 bridgehead atoms. The van der Waals surface area contributed by atoms with Gasteiger partial charge in [-0.05, 0) is 18.6 Å². The predicted molar refractivity (Wildman–Crippen MR) is 92.0 cm³/mol. The minimum absolute atomic E-state index is 0.00881. The van der Waals surface area contributed by atoms with Crippen molar-refractivity contribution in [3.05, 3.63) is 47.7 Å². The minimum atomic E-state index is -0.651. The zero-order valence-electron chi connectivity index (χ0n) is 15.1. The summed E-state index contributed by atoms with van der Waals surface area (Å²) in [6.45, 7) is 4.13. The van der Waals surface area contributed by atoms with Crippen LogP contribution >= 0.6 is 0 Å². The molecule has 1 atom stereocenters. The van der Waals surface area contributed by atoms with E-state index < -0.39 is 5.97 Å². The monoisotopic (exact) mass is 362 g/mol. The minimum Gasteiger partial charge on any atom is -0.500 e. The largest absolute Gasteiger partial charge is 0.500 e. The van der Waals surface area contributed by atoms with Crippen LogP contribution in [0.1, 0.15) is 24.1 Å². The van der Waals surface area contributed by atoms with E-state index in [4.69, 9.17) is 14.7 Å². The van der Waals surface area contributed by atoms with Gasteiger partial charge in [0.2, 0.25) is 5.76 Å². The quantitative estimate of drug-likeness (QED) is 0.316. The fourth-order valence-electron chi connectivity index (χ4n) is 2.13. The number of hydroxylamine groups is 1. The number of benzene rings is 1. The van der Waals surface area contributed by atoms with E-state index in [1.807, 2.05) is 26.0 Å². The van der Waals surface area contributed by atoms with Gasteiger partial charge in [0.25, 0.3) is 0 Å². The number of carbonyl (C=O) groups excluding carboxylic acids is 1. The van der Waals surface area contributed by atoms with Crippen molar-refractivity contribution >= 4 is 5.97 Å². The van der Waals surface area contributed by atoms with E-state index in [1.165, 1.54) is 25.3 Å². The lowest BCUT2D eigenvalue weighted by Gasteiger charge is -2.11. The number of carbonyl (C=O) groups is 1. The number of hydrogen-bond acceptors (Lipinski definition) is 8. The van der Waals surface area contributed by atoms with E-state index in [0.717, 1.165) is 11.3 Å². The normalized spacial score (nSPS) is 12.6. The van der Waals surface area contributed by atoms with Crippen molar-refractivity contribution in [2.24, 2.45) is 0 Å². The van der Waals surface area contributed by atoms with Crippen LogP contribution in [0.2, 0.25) is 0 Å². The number of aromatic nitrogens is 3. The fourth-order valence-corrected chi connectivity index (χ4v) is 2.13. The number of esters is 1. The molecule has 0 aliphatic heterocycles. The molecule has 0 saturated heterocycles. The van der Waals surface area contributed by atoms with E-state index in [2.05, 4.69) is 20.4 Å². The molecule has 1 aromatic carbocycles. The van der Waals surface area contributed by atoms with Crippen LogP contribution in [0.3, 0.4) is 0 Å². The number of ether oxygens (including phenoxy) is 3. The smallest absolute Gasteiger partial charge is 0.377 e. The Bertz CT molecular complexity index is 787. The number of aryl methyl sites for hydroxylation is 1. The standard InChI is InChI=1S/C17H22N4O5/c1-11-5-6-13(21-18-9-14(20-21)12(2)8-19-23)7-15(11)26-16(10-24-3)17(22)25-4/h5-7,9-10,12,19,23H,8H2,1-4H3/b16-10-. The van der Waals surface area contributed by atoms with Gasteiger partial charge in [-0.1, -0.05) is 13.0 Å². The fraction of sp³-hybridized carbons (Fsp3) is 0.353. The molecule has 1 unspecified atom stereocenters. The van der Waals surface area contributed by atoms with Crippen molar-refractivity contribution in [1.29, 1.82) is 0 Å². The van der Waals surface area contributed by atoms with E-state index in [9.17, 15) is 4.79 Å². The van der Waals surface area contributed by atoms with Crippen molar-refractivity contribution in [3.8, 4) is 11.4 Å². The summed E-state index contributed by atoms with van der Waals surface area (Å²) in [6.07, 6.45) is 2.80. The van der Waals surface area contributed by atoms with Gasteiger partial charge < -0.3 is 19.4 Å². The van der Waals surface area contributed by atoms with Gasteiger partial charge in [-0.3, -0.25) is 0 Å². The van der Waals surface area contributed by atoms with Gasteiger partial charge in [0.15, 0.2) is 0 Å². The van der Waals surface area contributed by atoms with Crippen molar-refractivity contribution in [2.45, 2.75) is 19.8 Å². The third-order valence-electron chi connectivity index (χ3n) is 3.65. The highest BCUT2D eigenvalue weighted by Crippen LogP contribution is 2.24. The Morgan fingerprint density at radius 2 is 2.19 bits per heavy atom. The molecule has 1 heterocycles. The SMILES string of the molecule is CO/C=C(\Oc1cc(-n2ncc(C(C)CNO)n2)ccc1C)C(=O)OC. The number of hydrogen-bond donors (Lipinski definition) is 2. The number of methoxy groups -OCH3 is 2. The molecule has 0 amide bonds.